The van der Waals surface area contributed by atoms with Gasteiger partial charge in [-0.15, -0.1) is 0 Å². The quantitative estimate of drug-likeness (QED) is 0.294. The molecule has 1 fully saturated rings. The molecule has 0 radical (unpaired) electrons. The van der Waals surface area contributed by atoms with Crippen LogP contribution >= 0.6 is 0 Å². The number of carbonyl (C=O) groups excluding carboxylic acids is 1. The first kappa shape index (κ1) is 26.5. The molecule has 1 aliphatic rings. The highest BCUT2D eigenvalue weighted by molar-refractivity contribution is 6.10. The normalized spacial score (nSPS) is 18.6. The van der Waals surface area contributed by atoms with Gasteiger partial charge >= 0.3 is 5.63 Å². The average molecular weight is 530 g/mol. The molecule has 0 bridgehead atoms. The van der Waals surface area contributed by atoms with Crippen molar-refractivity contribution in [2.75, 3.05) is 12.4 Å². The Morgan fingerprint density at radius 1 is 1.03 bits per heavy atom. The standard InChI is InChI=1S/C31H31NO7/c1-18-23(37-25-17-16-24(36-4)31(2,3)39-25)15-14-22-27(33)26(30(35)38-28(18)22)32-29(34)21-13-9-8-12-20(21)19-10-6-5-7-11-19/h5-15,24-25,33H,16-17H2,1-4H3,(H,32,34). The van der Waals surface area contributed by atoms with Crippen LogP contribution in [0.5, 0.6) is 11.5 Å². The van der Waals surface area contributed by atoms with Gasteiger partial charge in [0.1, 0.15) is 11.3 Å². The second kappa shape index (κ2) is 10.6. The first-order valence-corrected chi connectivity index (χ1v) is 12.8. The Morgan fingerprint density at radius 3 is 2.46 bits per heavy atom. The van der Waals surface area contributed by atoms with E-state index >= 15 is 0 Å². The van der Waals surface area contributed by atoms with E-state index in [2.05, 4.69) is 5.32 Å². The summed E-state index contributed by atoms with van der Waals surface area (Å²) >= 11 is 0. The van der Waals surface area contributed by atoms with Crippen LogP contribution in [0.2, 0.25) is 0 Å². The largest absolute Gasteiger partial charge is 0.505 e. The molecule has 1 aromatic heterocycles. The minimum atomic E-state index is -0.872. The van der Waals surface area contributed by atoms with Gasteiger partial charge in [-0.25, -0.2) is 4.79 Å². The van der Waals surface area contributed by atoms with Gasteiger partial charge in [0.05, 0.1) is 17.1 Å². The minimum Gasteiger partial charge on any atom is -0.505 e. The summed E-state index contributed by atoms with van der Waals surface area (Å²) in [6.07, 6.45) is 0.849. The first-order chi connectivity index (χ1) is 18.7. The number of nitrogens with one attached hydrogen (secondary N) is 1. The number of methoxy groups -OCH3 is 1. The molecule has 1 aliphatic heterocycles. The van der Waals surface area contributed by atoms with Crippen LogP contribution < -0.4 is 15.7 Å². The van der Waals surface area contributed by atoms with Gasteiger partial charge in [-0.1, -0.05) is 48.5 Å². The maximum Gasteiger partial charge on any atom is 0.364 e. The fourth-order valence-electron chi connectivity index (χ4n) is 5.07. The lowest BCUT2D eigenvalue weighted by Gasteiger charge is -2.41. The maximum absolute atomic E-state index is 13.2. The van der Waals surface area contributed by atoms with Crippen LogP contribution in [0.1, 0.15) is 42.6 Å². The van der Waals surface area contributed by atoms with Crippen molar-refractivity contribution in [1.29, 1.82) is 0 Å². The van der Waals surface area contributed by atoms with E-state index in [1.54, 1.807) is 38.3 Å². The molecular weight excluding hydrogens is 498 g/mol. The number of hydrogen-bond acceptors (Lipinski definition) is 7. The molecule has 2 N–H and O–H groups in total. The highest BCUT2D eigenvalue weighted by atomic mass is 16.7. The van der Waals surface area contributed by atoms with Crippen LogP contribution in [0.3, 0.4) is 0 Å². The third kappa shape index (κ3) is 5.13. The van der Waals surface area contributed by atoms with Crippen molar-refractivity contribution in [3.63, 3.8) is 0 Å². The van der Waals surface area contributed by atoms with Crippen LogP contribution in [0.4, 0.5) is 5.69 Å². The molecular formula is C31H31NO7. The number of aromatic hydroxyl groups is 1. The third-order valence-corrected chi connectivity index (χ3v) is 7.16. The van der Waals surface area contributed by atoms with Crippen molar-refractivity contribution in [3.8, 4) is 22.6 Å². The van der Waals surface area contributed by atoms with Gasteiger partial charge in [0.25, 0.3) is 5.91 Å². The molecule has 8 heteroatoms. The molecule has 0 aliphatic carbocycles. The van der Waals surface area contributed by atoms with E-state index in [1.807, 2.05) is 56.3 Å². The van der Waals surface area contributed by atoms with Crippen molar-refractivity contribution in [2.24, 2.45) is 0 Å². The number of carbonyl (C=O) groups is 1. The van der Waals surface area contributed by atoms with Gasteiger partial charge in [-0.3, -0.25) is 4.79 Å². The zero-order valence-electron chi connectivity index (χ0n) is 22.3. The van der Waals surface area contributed by atoms with Gasteiger partial charge in [-0.2, -0.15) is 0 Å². The van der Waals surface area contributed by atoms with Gasteiger partial charge in [0.15, 0.2) is 11.4 Å². The van der Waals surface area contributed by atoms with Crippen LogP contribution in [0.25, 0.3) is 22.1 Å². The maximum atomic E-state index is 13.2. The number of amides is 1. The minimum absolute atomic E-state index is 0.0432. The Morgan fingerprint density at radius 2 is 1.74 bits per heavy atom. The van der Waals surface area contributed by atoms with E-state index in [0.717, 1.165) is 12.0 Å². The monoisotopic (exact) mass is 529 g/mol. The average Bonchev–Trinajstić information content (AvgIpc) is 2.93. The Balaban J connectivity index is 1.43. The molecule has 8 nitrogen and oxygen atoms in total. The summed E-state index contributed by atoms with van der Waals surface area (Å²) in [5.41, 5.74) is 0.875. The summed E-state index contributed by atoms with van der Waals surface area (Å²) in [7, 11) is 1.66. The molecule has 3 aromatic carbocycles. The number of aryl methyl sites for hydroxylation is 1. The molecule has 4 aromatic rings. The molecule has 2 unspecified atom stereocenters. The summed E-state index contributed by atoms with van der Waals surface area (Å²) in [5, 5.41) is 13.9. The number of rotatable bonds is 6. The van der Waals surface area contributed by atoms with Gasteiger partial charge in [-0.05, 0) is 56.5 Å². The molecule has 2 atom stereocenters. The molecule has 39 heavy (non-hydrogen) atoms. The Hall–Kier alpha value is -4.14. The Labute approximate surface area is 226 Å². The predicted molar refractivity (Wildman–Crippen MR) is 148 cm³/mol. The number of anilines is 1. The molecule has 0 spiro atoms. The number of benzene rings is 3. The van der Waals surface area contributed by atoms with Gasteiger partial charge in [0.2, 0.25) is 6.29 Å². The van der Waals surface area contributed by atoms with E-state index in [0.29, 0.717) is 28.9 Å². The second-order valence-corrected chi connectivity index (χ2v) is 10.1. The fourth-order valence-corrected chi connectivity index (χ4v) is 5.07. The highest BCUT2D eigenvalue weighted by Gasteiger charge is 2.39. The van der Waals surface area contributed by atoms with Crippen molar-refractivity contribution >= 4 is 22.6 Å². The van der Waals surface area contributed by atoms with Crippen LogP contribution in [0, 0.1) is 6.92 Å². The fraction of sp³-hybridized carbons (Fsp3) is 0.290. The number of ether oxygens (including phenoxy) is 3. The zero-order valence-corrected chi connectivity index (χ0v) is 22.3. The predicted octanol–water partition coefficient (Wildman–Crippen LogP) is 6.04. The summed E-state index contributed by atoms with van der Waals surface area (Å²) < 4.78 is 23.3. The molecule has 5 rings (SSSR count). The molecule has 2 heterocycles. The van der Waals surface area contributed by atoms with E-state index in [1.165, 1.54) is 0 Å². The van der Waals surface area contributed by atoms with Crippen LogP contribution in [-0.4, -0.2) is 36.1 Å². The lowest BCUT2D eigenvalue weighted by atomic mass is 9.94. The number of hydrogen-bond donors (Lipinski definition) is 2. The summed E-state index contributed by atoms with van der Waals surface area (Å²) in [6.45, 7) is 5.64. The van der Waals surface area contributed by atoms with Crippen molar-refractivity contribution < 1.29 is 28.5 Å². The summed E-state index contributed by atoms with van der Waals surface area (Å²) in [5.74, 6) is -0.450. The summed E-state index contributed by atoms with van der Waals surface area (Å²) in [6, 6.07) is 19.8. The smallest absolute Gasteiger partial charge is 0.364 e. The molecule has 1 amide bonds. The summed E-state index contributed by atoms with van der Waals surface area (Å²) in [4.78, 5) is 26.2. The SMILES string of the molecule is COC1CCC(Oc2ccc3c(O)c(NC(=O)c4ccccc4-c4ccccc4)c(=O)oc3c2C)OC1(C)C. The Bertz CT molecular complexity index is 1580. The number of fused-ring (bicyclic) bond motifs is 1. The van der Waals surface area contributed by atoms with E-state index < -0.39 is 23.4 Å². The lowest BCUT2D eigenvalue weighted by Crippen LogP contribution is -2.49. The van der Waals surface area contributed by atoms with Crippen LogP contribution in [-0.2, 0) is 9.47 Å². The lowest BCUT2D eigenvalue weighted by molar-refractivity contribution is -0.233. The van der Waals surface area contributed by atoms with Crippen LogP contribution in [0.15, 0.2) is 75.9 Å². The van der Waals surface area contributed by atoms with E-state index in [-0.39, 0.29) is 28.5 Å². The molecule has 0 saturated carbocycles. The van der Waals surface area contributed by atoms with Gasteiger partial charge < -0.3 is 29.1 Å². The van der Waals surface area contributed by atoms with Gasteiger partial charge in [0, 0.05) is 24.7 Å². The molecule has 202 valence electrons. The Kier molecular flexibility index (Phi) is 7.16. The van der Waals surface area contributed by atoms with Crippen molar-refractivity contribution in [3.05, 3.63) is 88.3 Å². The first-order valence-electron chi connectivity index (χ1n) is 12.8. The second-order valence-electron chi connectivity index (χ2n) is 10.1. The van der Waals surface area contributed by atoms with E-state index in [4.69, 9.17) is 18.6 Å². The zero-order chi connectivity index (χ0) is 27.7. The molecule has 1 saturated heterocycles. The highest BCUT2D eigenvalue weighted by Crippen LogP contribution is 2.38. The topological polar surface area (TPSA) is 107 Å². The van der Waals surface area contributed by atoms with Crippen molar-refractivity contribution in [1.82, 2.24) is 0 Å². The third-order valence-electron chi connectivity index (χ3n) is 7.16. The van der Waals surface area contributed by atoms with E-state index in [9.17, 15) is 14.7 Å². The van der Waals surface area contributed by atoms with Crippen molar-refractivity contribution in [2.45, 2.75) is 51.6 Å².